The zero-order valence-electron chi connectivity index (χ0n) is 12.9. The molecule has 0 bridgehead atoms. The highest BCUT2D eigenvalue weighted by atomic mass is 32.1. The number of aromatic nitrogens is 1. The first kappa shape index (κ1) is 15.5. The van der Waals surface area contributed by atoms with Gasteiger partial charge in [-0.1, -0.05) is 19.8 Å². The Bertz CT molecular complexity index is 553. The van der Waals surface area contributed by atoms with Crippen molar-refractivity contribution in [1.82, 2.24) is 10.3 Å². The number of anilines is 1. The zero-order valence-corrected chi connectivity index (χ0v) is 13.7. The molecule has 0 aliphatic heterocycles. The van der Waals surface area contributed by atoms with Crippen molar-refractivity contribution in [1.29, 1.82) is 0 Å². The van der Waals surface area contributed by atoms with Crippen LogP contribution in [0.4, 0.5) is 5.13 Å². The highest BCUT2D eigenvalue weighted by Crippen LogP contribution is 2.30. The molecule has 2 fully saturated rings. The number of rotatable bonds is 5. The lowest BCUT2D eigenvalue weighted by Gasteiger charge is -2.29. The van der Waals surface area contributed by atoms with E-state index in [2.05, 4.69) is 22.5 Å². The fourth-order valence-corrected chi connectivity index (χ4v) is 3.66. The van der Waals surface area contributed by atoms with E-state index in [1.807, 2.05) is 5.38 Å². The van der Waals surface area contributed by atoms with Crippen LogP contribution >= 0.6 is 11.3 Å². The van der Waals surface area contributed by atoms with E-state index in [4.69, 9.17) is 0 Å². The highest BCUT2D eigenvalue weighted by Gasteiger charge is 2.30. The summed E-state index contributed by atoms with van der Waals surface area (Å²) >= 11 is 1.39. The predicted octanol–water partition coefficient (Wildman–Crippen LogP) is 2.73. The van der Waals surface area contributed by atoms with Crippen molar-refractivity contribution < 1.29 is 9.59 Å². The molecule has 0 radical (unpaired) electrons. The van der Waals surface area contributed by atoms with Crippen LogP contribution in [-0.2, 0) is 16.0 Å². The first-order chi connectivity index (χ1) is 10.6. The second-order valence-corrected chi connectivity index (χ2v) is 7.38. The lowest BCUT2D eigenvalue weighted by molar-refractivity contribution is -0.121. The van der Waals surface area contributed by atoms with Crippen LogP contribution in [0.3, 0.4) is 0 Å². The van der Waals surface area contributed by atoms with Gasteiger partial charge < -0.3 is 10.6 Å². The van der Waals surface area contributed by atoms with Gasteiger partial charge in [-0.15, -0.1) is 11.3 Å². The number of hydrogen-bond acceptors (Lipinski definition) is 4. The second kappa shape index (κ2) is 6.77. The van der Waals surface area contributed by atoms with Gasteiger partial charge in [-0.3, -0.25) is 9.59 Å². The Kier molecular flexibility index (Phi) is 4.76. The normalized spacial score (nSPS) is 24.8. The van der Waals surface area contributed by atoms with Gasteiger partial charge in [-0.05, 0) is 31.6 Å². The number of thiazole rings is 1. The van der Waals surface area contributed by atoms with Gasteiger partial charge in [-0.25, -0.2) is 4.98 Å². The van der Waals surface area contributed by atoms with E-state index in [9.17, 15) is 9.59 Å². The number of carbonyl (C=O) groups excluding carboxylic acids is 2. The molecular formula is C16H23N3O2S. The molecule has 2 atom stereocenters. The van der Waals surface area contributed by atoms with Gasteiger partial charge in [-0.2, -0.15) is 0 Å². The Morgan fingerprint density at radius 2 is 2.05 bits per heavy atom. The smallest absolute Gasteiger partial charge is 0.229 e. The number of nitrogens with zero attached hydrogens (tertiary/aromatic N) is 1. The van der Waals surface area contributed by atoms with E-state index in [0.29, 0.717) is 23.5 Å². The van der Waals surface area contributed by atoms with Crippen molar-refractivity contribution in [2.24, 2.45) is 11.8 Å². The molecule has 0 spiro atoms. The fraction of sp³-hybridized carbons (Fsp3) is 0.688. The van der Waals surface area contributed by atoms with Gasteiger partial charge in [0.15, 0.2) is 5.13 Å². The molecule has 1 aromatic heterocycles. The Hall–Kier alpha value is -1.43. The Morgan fingerprint density at radius 1 is 1.27 bits per heavy atom. The topological polar surface area (TPSA) is 71.1 Å². The minimum absolute atomic E-state index is 0.0316. The fourth-order valence-electron chi connectivity index (χ4n) is 2.95. The minimum atomic E-state index is 0.0316. The van der Waals surface area contributed by atoms with Gasteiger partial charge in [0.25, 0.3) is 0 Å². The first-order valence-corrected chi connectivity index (χ1v) is 9.04. The Balaban J connectivity index is 1.48. The summed E-state index contributed by atoms with van der Waals surface area (Å²) in [5.74, 6) is 0.815. The maximum Gasteiger partial charge on any atom is 0.229 e. The minimum Gasteiger partial charge on any atom is -0.353 e. The molecule has 2 N–H and O–H groups in total. The SMILES string of the molecule is C[C@H]1CCCC[C@H]1NC(=O)Cc1csc(NC(=O)C2CC2)n1. The predicted molar refractivity (Wildman–Crippen MR) is 86.7 cm³/mol. The van der Waals surface area contributed by atoms with Gasteiger partial charge in [0.1, 0.15) is 0 Å². The third-order valence-corrected chi connectivity index (χ3v) is 5.34. The lowest BCUT2D eigenvalue weighted by atomic mass is 9.86. The zero-order chi connectivity index (χ0) is 15.5. The standard InChI is InChI=1S/C16H23N3O2S/c1-10-4-2-3-5-13(10)18-14(20)8-12-9-22-16(17-12)19-15(21)11-6-7-11/h9-11,13H,2-8H2,1H3,(H,18,20)(H,17,19,21)/t10-,13+/m0/s1. The third-order valence-electron chi connectivity index (χ3n) is 4.53. The van der Waals surface area contributed by atoms with E-state index in [-0.39, 0.29) is 17.7 Å². The molecule has 0 unspecified atom stereocenters. The van der Waals surface area contributed by atoms with Crippen molar-refractivity contribution in [3.05, 3.63) is 11.1 Å². The number of nitrogens with one attached hydrogen (secondary N) is 2. The molecule has 0 saturated heterocycles. The summed E-state index contributed by atoms with van der Waals surface area (Å²) in [5, 5.41) is 8.41. The summed E-state index contributed by atoms with van der Waals surface area (Å²) in [6, 6.07) is 0.300. The molecule has 2 saturated carbocycles. The maximum absolute atomic E-state index is 12.1. The number of hydrogen-bond donors (Lipinski definition) is 2. The van der Waals surface area contributed by atoms with Crippen LogP contribution in [0.15, 0.2) is 5.38 Å². The Morgan fingerprint density at radius 3 is 2.77 bits per heavy atom. The monoisotopic (exact) mass is 321 g/mol. The maximum atomic E-state index is 12.1. The average molecular weight is 321 g/mol. The summed E-state index contributed by atoms with van der Waals surface area (Å²) in [7, 11) is 0. The average Bonchev–Trinajstić information content (AvgIpc) is 3.25. The summed E-state index contributed by atoms with van der Waals surface area (Å²) in [4.78, 5) is 28.2. The summed E-state index contributed by atoms with van der Waals surface area (Å²) in [5.41, 5.74) is 0.733. The molecular weight excluding hydrogens is 298 g/mol. The second-order valence-electron chi connectivity index (χ2n) is 6.52. The Labute approximate surface area is 134 Å². The molecule has 2 aliphatic carbocycles. The van der Waals surface area contributed by atoms with Gasteiger partial charge in [0.05, 0.1) is 12.1 Å². The van der Waals surface area contributed by atoms with Crippen molar-refractivity contribution in [3.63, 3.8) is 0 Å². The van der Waals surface area contributed by atoms with Crippen LogP contribution in [-0.4, -0.2) is 22.8 Å². The highest BCUT2D eigenvalue weighted by molar-refractivity contribution is 7.13. The van der Waals surface area contributed by atoms with Crippen molar-refractivity contribution in [2.45, 2.75) is 57.9 Å². The molecule has 2 amide bonds. The van der Waals surface area contributed by atoms with Gasteiger partial charge in [0, 0.05) is 17.3 Å². The molecule has 120 valence electrons. The molecule has 6 heteroatoms. The quantitative estimate of drug-likeness (QED) is 0.876. The summed E-state index contributed by atoms with van der Waals surface area (Å²) in [6.07, 6.45) is 6.98. The van der Waals surface area contributed by atoms with Crippen LogP contribution in [0.1, 0.15) is 51.1 Å². The number of carbonyl (C=O) groups is 2. The lowest BCUT2D eigenvalue weighted by Crippen LogP contribution is -2.41. The van der Waals surface area contributed by atoms with Crippen LogP contribution in [0.5, 0.6) is 0 Å². The van der Waals surface area contributed by atoms with Crippen molar-refractivity contribution in [3.8, 4) is 0 Å². The molecule has 1 heterocycles. The number of amides is 2. The van der Waals surface area contributed by atoms with E-state index in [1.54, 1.807) is 0 Å². The molecule has 1 aromatic rings. The van der Waals surface area contributed by atoms with Crippen LogP contribution in [0, 0.1) is 11.8 Å². The summed E-state index contributed by atoms with van der Waals surface area (Å²) < 4.78 is 0. The van der Waals surface area contributed by atoms with Crippen LogP contribution in [0.25, 0.3) is 0 Å². The first-order valence-electron chi connectivity index (χ1n) is 8.16. The van der Waals surface area contributed by atoms with Crippen LogP contribution in [0.2, 0.25) is 0 Å². The van der Waals surface area contributed by atoms with Crippen LogP contribution < -0.4 is 10.6 Å². The van der Waals surface area contributed by atoms with E-state index < -0.39 is 0 Å². The van der Waals surface area contributed by atoms with Gasteiger partial charge in [0.2, 0.25) is 11.8 Å². The molecule has 0 aromatic carbocycles. The largest absolute Gasteiger partial charge is 0.353 e. The van der Waals surface area contributed by atoms with Gasteiger partial charge >= 0.3 is 0 Å². The summed E-state index contributed by atoms with van der Waals surface area (Å²) in [6.45, 7) is 2.21. The van der Waals surface area contributed by atoms with E-state index in [1.165, 1.54) is 30.6 Å². The van der Waals surface area contributed by atoms with Crippen molar-refractivity contribution >= 4 is 28.3 Å². The molecule has 22 heavy (non-hydrogen) atoms. The molecule has 3 rings (SSSR count). The van der Waals surface area contributed by atoms with E-state index >= 15 is 0 Å². The van der Waals surface area contributed by atoms with Crippen molar-refractivity contribution in [2.75, 3.05) is 5.32 Å². The molecule has 2 aliphatic rings. The van der Waals surface area contributed by atoms with E-state index in [0.717, 1.165) is 25.0 Å². The molecule has 5 nitrogen and oxygen atoms in total. The third kappa shape index (κ3) is 4.06.